The smallest absolute Gasteiger partial charge is 0.226 e. The van der Waals surface area contributed by atoms with Gasteiger partial charge in [-0.05, 0) is 42.3 Å². The molecular formula is C19H23ClFIN4O. The summed E-state index contributed by atoms with van der Waals surface area (Å²) in [6, 6.07) is 11.6. The summed E-state index contributed by atoms with van der Waals surface area (Å²) in [6.45, 7) is 2.79. The predicted octanol–water partition coefficient (Wildman–Crippen LogP) is 4.10. The number of hydrogen-bond acceptors (Lipinski definition) is 2. The lowest BCUT2D eigenvalue weighted by Gasteiger charge is -2.13. The van der Waals surface area contributed by atoms with Crippen molar-refractivity contribution in [1.29, 1.82) is 0 Å². The number of halogens is 3. The van der Waals surface area contributed by atoms with E-state index in [1.807, 2.05) is 13.0 Å². The van der Waals surface area contributed by atoms with E-state index >= 15 is 0 Å². The van der Waals surface area contributed by atoms with Crippen LogP contribution in [0.3, 0.4) is 0 Å². The van der Waals surface area contributed by atoms with Gasteiger partial charge in [-0.15, -0.1) is 24.0 Å². The Morgan fingerprint density at radius 2 is 1.85 bits per heavy atom. The highest BCUT2D eigenvalue weighted by Gasteiger charge is 2.07. The van der Waals surface area contributed by atoms with E-state index in [9.17, 15) is 9.18 Å². The summed E-state index contributed by atoms with van der Waals surface area (Å²) in [6.07, 6.45) is 0.281. The molecule has 0 spiro atoms. The van der Waals surface area contributed by atoms with Crippen LogP contribution in [0.5, 0.6) is 0 Å². The maximum absolute atomic E-state index is 12.9. The number of guanidine groups is 1. The van der Waals surface area contributed by atoms with Crippen molar-refractivity contribution < 1.29 is 9.18 Å². The molecule has 2 aromatic rings. The van der Waals surface area contributed by atoms with Gasteiger partial charge in [-0.1, -0.05) is 29.8 Å². The zero-order valence-electron chi connectivity index (χ0n) is 15.2. The number of carbonyl (C=O) groups excluding carboxylic acids is 1. The topological polar surface area (TPSA) is 65.5 Å². The van der Waals surface area contributed by atoms with Crippen LogP contribution in [-0.2, 0) is 11.3 Å². The van der Waals surface area contributed by atoms with E-state index in [2.05, 4.69) is 20.9 Å². The molecule has 0 aliphatic heterocycles. The molecule has 0 unspecified atom stereocenters. The summed E-state index contributed by atoms with van der Waals surface area (Å²) in [5.74, 6) is 0.190. The van der Waals surface area contributed by atoms with Gasteiger partial charge in [0.2, 0.25) is 5.91 Å². The van der Waals surface area contributed by atoms with E-state index in [4.69, 9.17) is 11.6 Å². The Hall–Kier alpha value is -1.87. The molecule has 2 rings (SSSR count). The second kappa shape index (κ2) is 11.8. The zero-order valence-corrected chi connectivity index (χ0v) is 18.3. The first kappa shape index (κ1) is 23.2. The predicted molar refractivity (Wildman–Crippen MR) is 119 cm³/mol. The number of rotatable bonds is 6. The summed E-state index contributed by atoms with van der Waals surface area (Å²) in [7, 11) is 1.65. The summed E-state index contributed by atoms with van der Waals surface area (Å²) >= 11 is 6.05. The van der Waals surface area contributed by atoms with Gasteiger partial charge >= 0.3 is 0 Å². The number of hydrogen-bond donors (Lipinski definition) is 3. The largest absolute Gasteiger partial charge is 0.356 e. The molecule has 0 bridgehead atoms. The lowest BCUT2D eigenvalue weighted by atomic mass is 10.2. The minimum Gasteiger partial charge on any atom is -0.356 e. The number of anilines is 1. The van der Waals surface area contributed by atoms with E-state index in [-0.39, 0.29) is 42.1 Å². The summed E-state index contributed by atoms with van der Waals surface area (Å²) in [4.78, 5) is 16.2. The lowest BCUT2D eigenvalue weighted by Crippen LogP contribution is -2.38. The highest BCUT2D eigenvalue weighted by Crippen LogP contribution is 2.22. The van der Waals surface area contributed by atoms with Crippen molar-refractivity contribution >= 4 is 53.1 Å². The summed E-state index contributed by atoms with van der Waals surface area (Å²) < 4.78 is 12.9. The number of benzene rings is 2. The Labute approximate surface area is 180 Å². The van der Waals surface area contributed by atoms with Gasteiger partial charge in [0.1, 0.15) is 5.82 Å². The van der Waals surface area contributed by atoms with Gasteiger partial charge in [-0.25, -0.2) is 4.39 Å². The van der Waals surface area contributed by atoms with E-state index in [0.717, 1.165) is 11.1 Å². The number of nitrogens with one attached hydrogen (secondary N) is 3. The Morgan fingerprint density at radius 3 is 2.52 bits per heavy atom. The van der Waals surface area contributed by atoms with Crippen molar-refractivity contribution in [1.82, 2.24) is 10.6 Å². The SMILES string of the molecule is CN=C(NCCC(=O)Nc1cccc(Cl)c1C)NCc1ccc(F)cc1.I. The van der Waals surface area contributed by atoms with Crippen LogP contribution in [0.15, 0.2) is 47.5 Å². The molecule has 1 amide bonds. The number of carbonyl (C=O) groups is 1. The second-order valence-corrected chi connectivity index (χ2v) is 6.10. The van der Waals surface area contributed by atoms with Gasteiger partial charge in [0.25, 0.3) is 0 Å². The quantitative estimate of drug-likeness (QED) is 0.315. The zero-order chi connectivity index (χ0) is 18.9. The van der Waals surface area contributed by atoms with Crippen LogP contribution in [0.1, 0.15) is 17.5 Å². The molecular weight excluding hydrogens is 482 g/mol. The fraction of sp³-hybridized carbons (Fsp3) is 0.263. The minimum absolute atomic E-state index is 0. The maximum atomic E-state index is 12.9. The first-order valence-electron chi connectivity index (χ1n) is 8.23. The Kier molecular flexibility index (Phi) is 10.1. The van der Waals surface area contributed by atoms with Crippen molar-refractivity contribution in [3.8, 4) is 0 Å². The van der Waals surface area contributed by atoms with E-state index in [1.165, 1.54) is 12.1 Å². The van der Waals surface area contributed by atoms with Gasteiger partial charge in [0.05, 0.1) is 0 Å². The van der Waals surface area contributed by atoms with E-state index in [1.54, 1.807) is 31.3 Å². The molecule has 146 valence electrons. The number of nitrogens with zero attached hydrogens (tertiary/aromatic N) is 1. The van der Waals surface area contributed by atoms with E-state index in [0.29, 0.717) is 29.8 Å². The number of amides is 1. The molecule has 0 aliphatic carbocycles. The average Bonchev–Trinajstić information content (AvgIpc) is 2.63. The third-order valence-corrected chi connectivity index (χ3v) is 4.19. The van der Waals surface area contributed by atoms with Crippen LogP contribution in [0, 0.1) is 12.7 Å². The standard InChI is InChI=1S/C19H22ClFN4O.HI/c1-13-16(20)4-3-5-17(13)25-18(26)10-11-23-19(22-2)24-12-14-6-8-15(21)9-7-14;/h3-9H,10-12H2,1-2H3,(H,25,26)(H2,22,23,24);1H. The Balaban J connectivity index is 0.00000364. The van der Waals surface area contributed by atoms with Gasteiger partial charge in [-0.3, -0.25) is 9.79 Å². The highest BCUT2D eigenvalue weighted by atomic mass is 127. The van der Waals surface area contributed by atoms with Gasteiger partial charge in [0, 0.05) is 37.3 Å². The number of aliphatic imine (C=N–C) groups is 1. The van der Waals surface area contributed by atoms with Crippen LogP contribution in [0.2, 0.25) is 5.02 Å². The van der Waals surface area contributed by atoms with E-state index < -0.39 is 0 Å². The second-order valence-electron chi connectivity index (χ2n) is 5.69. The molecule has 3 N–H and O–H groups in total. The molecule has 0 aromatic heterocycles. The lowest BCUT2D eigenvalue weighted by molar-refractivity contribution is -0.116. The van der Waals surface area contributed by atoms with Crippen molar-refractivity contribution in [2.45, 2.75) is 19.9 Å². The molecule has 27 heavy (non-hydrogen) atoms. The Bertz CT molecular complexity index is 784. The third-order valence-electron chi connectivity index (χ3n) is 3.78. The molecule has 8 heteroatoms. The van der Waals surface area contributed by atoms with Crippen LogP contribution >= 0.6 is 35.6 Å². The van der Waals surface area contributed by atoms with Crippen LogP contribution in [0.4, 0.5) is 10.1 Å². The molecule has 0 aliphatic rings. The molecule has 0 atom stereocenters. The normalized spacial score (nSPS) is 10.7. The molecule has 0 saturated carbocycles. The molecule has 0 fully saturated rings. The summed E-state index contributed by atoms with van der Waals surface area (Å²) in [5, 5.41) is 9.65. The fourth-order valence-electron chi connectivity index (χ4n) is 2.26. The van der Waals surface area contributed by atoms with Crippen molar-refractivity contribution in [3.63, 3.8) is 0 Å². The summed E-state index contributed by atoms with van der Waals surface area (Å²) in [5.41, 5.74) is 2.48. The molecule has 0 heterocycles. The molecule has 0 saturated heterocycles. The fourth-order valence-corrected chi connectivity index (χ4v) is 2.43. The van der Waals surface area contributed by atoms with Gasteiger partial charge in [-0.2, -0.15) is 0 Å². The average molecular weight is 505 g/mol. The molecule has 0 radical (unpaired) electrons. The van der Waals surface area contributed by atoms with Crippen LogP contribution in [-0.4, -0.2) is 25.5 Å². The van der Waals surface area contributed by atoms with Crippen molar-refractivity contribution in [2.75, 3.05) is 18.9 Å². The van der Waals surface area contributed by atoms with Crippen molar-refractivity contribution in [2.24, 2.45) is 4.99 Å². The minimum atomic E-state index is -0.266. The first-order chi connectivity index (χ1) is 12.5. The van der Waals surface area contributed by atoms with Crippen LogP contribution < -0.4 is 16.0 Å². The molecule has 5 nitrogen and oxygen atoms in total. The van der Waals surface area contributed by atoms with Crippen LogP contribution in [0.25, 0.3) is 0 Å². The maximum Gasteiger partial charge on any atom is 0.226 e. The van der Waals surface area contributed by atoms with Crippen molar-refractivity contribution in [3.05, 3.63) is 64.4 Å². The van der Waals surface area contributed by atoms with Gasteiger partial charge < -0.3 is 16.0 Å². The van der Waals surface area contributed by atoms with Gasteiger partial charge in [0.15, 0.2) is 5.96 Å². The first-order valence-corrected chi connectivity index (χ1v) is 8.61. The monoisotopic (exact) mass is 504 g/mol. The third kappa shape index (κ3) is 7.72. The Morgan fingerprint density at radius 1 is 1.15 bits per heavy atom. The molecule has 2 aromatic carbocycles. The highest BCUT2D eigenvalue weighted by molar-refractivity contribution is 14.0.